The number of thiazole rings is 1. The smallest absolute Gasteiger partial charge is 0.323 e. The minimum atomic E-state index is -0.0626. The molecule has 0 aliphatic carbocycles. The van der Waals surface area contributed by atoms with E-state index < -0.39 is 0 Å². The van der Waals surface area contributed by atoms with Crippen LogP contribution in [-0.2, 0) is 6.42 Å². The highest BCUT2D eigenvalue weighted by atomic mass is 32.1. The summed E-state index contributed by atoms with van der Waals surface area (Å²) in [5.41, 5.74) is 1.14. The Morgan fingerprint density at radius 2 is 2.36 bits per heavy atom. The van der Waals surface area contributed by atoms with E-state index in [-0.39, 0.29) is 12.1 Å². The van der Waals surface area contributed by atoms with E-state index in [2.05, 4.69) is 16.4 Å². The molecule has 116 valence electrons. The molecule has 5 nitrogen and oxygen atoms in total. The molecule has 2 aromatic rings. The number of likely N-dealkylation sites (tertiary alicyclic amines) is 1. The quantitative estimate of drug-likeness (QED) is 0.940. The lowest BCUT2D eigenvalue weighted by molar-refractivity contribution is 0.206. The van der Waals surface area contributed by atoms with Gasteiger partial charge in [0.15, 0.2) is 5.13 Å². The summed E-state index contributed by atoms with van der Waals surface area (Å²) in [4.78, 5) is 18.4. The molecule has 1 fully saturated rings. The minimum Gasteiger partial charge on any atom is -0.496 e. The van der Waals surface area contributed by atoms with Crippen LogP contribution in [0.2, 0.25) is 0 Å². The van der Waals surface area contributed by atoms with Crippen molar-refractivity contribution in [3.05, 3.63) is 41.4 Å². The molecular weight excluding hydrogens is 298 g/mol. The molecule has 0 bridgehead atoms. The zero-order chi connectivity index (χ0) is 15.4. The fraction of sp³-hybridized carbons (Fsp3) is 0.375. The molecule has 0 unspecified atom stereocenters. The molecule has 1 saturated heterocycles. The van der Waals surface area contributed by atoms with Gasteiger partial charge in [-0.1, -0.05) is 18.2 Å². The first-order valence-corrected chi connectivity index (χ1v) is 8.25. The van der Waals surface area contributed by atoms with E-state index in [1.807, 2.05) is 28.5 Å². The number of anilines is 1. The largest absolute Gasteiger partial charge is 0.496 e. The molecule has 1 aromatic carbocycles. The van der Waals surface area contributed by atoms with Gasteiger partial charge in [0.2, 0.25) is 0 Å². The summed E-state index contributed by atoms with van der Waals surface area (Å²) in [6.07, 6.45) is 4.56. The third-order valence-corrected chi connectivity index (χ3v) is 4.62. The number of ether oxygens (including phenoxy) is 1. The molecule has 1 atom stereocenters. The summed E-state index contributed by atoms with van der Waals surface area (Å²) in [7, 11) is 1.68. The van der Waals surface area contributed by atoms with E-state index in [0.29, 0.717) is 5.13 Å². The van der Waals surface area contributed by atoms with Crippen molar-refractivity contribution >= 4 is 22.5 Å². The number of methoxy groups -OCH3 is 1. The number of rotatable bonds is 4. The zero-order valence-electron chi connectivity index (χ0n) is 12.5. The SMILES string of the molecule is COc1ccccc1C[C@@H]1CCCN1C(=O)Nc1nccs1. The molecule has 1 aliphatic heterocycles. The normalized spacial score (nSPS) is 17.5. The zero-order valence-corrected chi connectivity index (χ0v) is 13.3. The molecule has 0 saturated carbocycles. The molecule has 0 spiro atoms. The number of amides is 2. The number of hydrogen-bond donors (Lipinski definition) is 1. The summed E-state index contributed by atoms with van der Waals surface area (Å²) >= 11 is 1.43. The number of carbonyl (C=O) groups is 1. The van der Waals surface area contributed by atoms with Crippen LogP contribution in [0.5, 0.6) is 5.75 Å². The van der Waals surface area contributed by atoms with Gasteiger partial charge in [-0.3, -0.25) is 5.32 Å². The number of aromatic nitrogens is 1. The van der Waals surface area contributed by atoms with Gasteiger partial charge in [-0.25, -0.2) is 9.78 Å². The lowest BCUT2D eigenvalue weighted by Gasteiger charge is -2.25. The van der Waals surface area contributed by atoms with Gasteiger partial charge in [-0.2, -0.15) is 0 Å². The molecule has 3 rings (SSSR count). The van der Waals surface area contributed by atoms with E-state index in [4.69, 9.17) is 4.74 Å². The third kappa shape index (κ3) is 3.22. The minimum absolute atomic E-state index is 0.0626. The average Bonchev–Trinajstić information content (AvgIpc) is 3.19. The Labute approximate surface area is 133 Å². The maximum Gasteiger partial charge on any atom is 0.323 e. The van der Waals surface area contributed by atoms with Crippen LogP contribution in [0.25, 0.3) is 0 Å². The van der Waals surface area contributed by atoms with Crippen LogP contribution in [0.4, 0.5) is 9.93 Å². The molecule has 1 N–H and O–H groups in total. The molecule has 2 heterocycles. The third-order valence-electron chi connectivity index (χ3n) is 3.93. The summed E-state index contributed by atoms with van der Waals surface area (Å²) in [6, 6.07) is 8.14. The number of nitrogens with one attached hydrogen (secondary N) is 1. The predicted molar refractivity (Wildman–Crippen MR) is 87.6 cm³/mol. The van der Waals surface area contributed by atoms with Gasteiger partial charge in [0.1, 0.15) is 5.75 Å². The van der Waals surface area contributed by atoms with E-state index in [0.717, 1.165) is 37.1 Å². The molecule has 0 radical (unpaired) electrons. The first-order valence-electron chi connectivity index (χ1n) is 7.37. The molecule has 22 heavy (non-hydrogen) atoms. The van der Waals surface area contributed by atoms with Crippen molar-refractivity contribution in [2.24, 2.45) is 0 Å². The number of urea groups is 1. The number of carbonyl (C=O) groups excluding carboxylic acids is 1. The van der Waals surface area contributed by atoms with Crippen LogP contribution in [0.3, 0.4) is 0 Å². The topological polar surface area (TPSA) is 54.5 Å². The van der Waals surface area contributed by atoms with E-state index in [1.54, 1.807) is 13.3 Å². The van der Waals surface area contributed by atoms with Crippen LogP contribution < -0.4 is 10.1 Å². The highest BCUT2D eigenvalue weighted by Crippen LogP contribution is 2.26. The van der Waals surface area contributed by atoms with Crippen molar-refractivity contribution in [2.75, 3.05) is 19.0 Å². The van der Waals surface area contributed by atoms with Crippen LogP contribution in [0.1, 0.15) is 18.4 Å². The monoisotopic (exact) mass is 317 g/mol. The Hall–Kier alpha value is -2.08. The van der Waals surface area contributed by atoms with Crippen molar-refractivity contribution in [1.29, 1.82) is 0 Å². The lowest BCUT2D eigenvalue weighted by Crippen LogP contribution is -2.39. The Morgan fingerprint density at radius 1 is 1.50 bits per heavy atom. The first-order chi connectivity index (χ1) is 10.8. The van der Waals surface area contributed by atoms with Crippen molar-refractivity contribution in [2.45, 2.75) is 25.3 Å². The Morgan fingerprint density at radius 3 is 3.14 bits per heavy atom. The van der Waals surface area contributed by atoms with Crippen molar-refractivity contribution < 1.29 is 9.53 Å². The highest BCUT2D eigenvalue weighted by molar-refractivity contribution is 7.13. The fourth-order valence-electron chi connectivity index (χ4n) is 2.89. The molecule has 1 aliphatic rings. The molecule has 1 aromatic heterocycles. The maximum atomic E-state index is 12.4. The summed E-state index contributed by atoms with van der Waals surface area (Å²) < 4.78 is 5.41. The summed E-state index contributed by atoms with van der Waals surface area (Å²) in [6.45, 7) is 0.789. The first kappa shape index (κ1) is 14.8. The summed E-state index contributed by atoms with van der Waals surface area (Å²) in [5, 5.41) is 5.37. The van der Waals surface area contributed by atoms with Gasteiger partial charge in [-0.15, -0.1) is 11.3 Å². The second kappa shape index (κ2) is 6.79. The predicted octanol–water partition coefficient (Wildman–Crippen LogP) is 3.39. The lowest BCUT2D eigenvalue weighted by atomic mass is 10.0. The Bertz CT molecular complexity index is 630. The Balaban J connectivity index is 1.69. The van der Waals surface area contributed by atoms with E-state index in [9.17, 15) is 4.79 Å². The van der Waals surface area contributed by atoms with E-state index >= 15 is 0 Å². The van der Waals surface area contributed by atoms with Crippen LogP contribution in [-0.4, -0.2) is 35.6 Å². The second-order valence-electron chi connectivity index (χ2n) is 5.27. The standard InChI is InChI=1S/C16H19N3O2S/c1-21-14-7-3-2-5-12(14)11-13-6-4-9-19(13)16(20)18-15-17-8-10-22-15/h2-3,5,7-8,10,13H,4,6,9,11H2,1H3,(H,17,18,20)/t13-/m0/s1. The van der Waals surface area contributed by atoms with Crippen LogP contribution >= 0.6 is 11.3 Å². The maximum absolute atomic E-state index is 12.4. The van der Waals surface area contributed by atoms with Gasteiger partial charge in [0, 0.05) is 24.2 Å². The molecule has 6 heteroatoms. The summed E-state index contributed by atoms with van der Waals surface area (Å²) in [5.74, 6) is 0.884. The highest BCUT2D eigenvalue weighted by Gasteiger charge is 2.29. The number of nitrogens with zero attached hydrogens (tertiary/aromatic N) is 2. The van der Waals surface area contributed by atoms with Crippen LogP contribution in [0, 0.1) is 0 Å². The van der Waals surface area contributed by atoms with Gasteiger partial charge >= 0.3 is 6.03 Å². The van der Waals surface area contributed by atoms with E-state index in [1.165, 1.54) is 11.3 Å². The number of para-hydroxylation sites is 1. The number of benzene rings is 1. The van der Waals surface area contributed by atoms with Gasteiger partial charge in [0.25, 0.3) is 0 Å². The molecule has 2 amide bonds. The van der Waals surface area contributed by atoms with Gasteiger partial charge < -0.3 is 9.64 Å². The fourth-order valence-corrected chi connectivity index (χ4v) is 3.41. The van der Waals surface area contributed by atoms with Crippen molar-refractivity contribution in [3.8, 4) is 5.75 Å². The molecular formula is C16H19N3O2S. The van der Waals surface area contributed by atoms with Gasteiger partial charge in [0.05, 0.1) is 7.11 Å². The van der Waals surface area contributed by atoms with Crippen LogP contribution in [0.15, 0.2) is 35.8 Å². The average molecular weight is 317 g/mol. The number of hydrogen-bond acceptors (Lipinski definition) is 4. The Kier molecular flexibility index (Phi) is 4.58. The van der Waals surface area contributed by atoms with Crippen molar-refractivity contribution in [3.63, 3.8) is 0 Å². The second-order valence-corrected chi connectivity index (χ2v) is 6.17. The van der Waals surface area contributed by atoms with Gasteiger partial charge in [-0.05, 0) is 30.9 Å². The van der Waals surface area contributed by atoms with Crippen molar-refractivity contribution in [1.82, 2.24) is 9.88 Å².